The number of alkyl halides is 1. The molecule has 6 N–H and O–H groups in total. The molecule has 1 aliphatic heterocycles. The molecule has 0 saturated carbocycles. The quantitative estimate of drug-likeness (QED) is 0.165. The number of aliphatic hydroxyl groups excluding tert-OH is 1. The van der Waals surface area contributed by atoms with Gasteiger partial charge in [-0.3, -0.25) is 14.1 Å². The molecular weight excluding hydrogens is 522 g/mol. The van der Waals surface area contributed by atoms with E-state index in [9.17, 15) is 38.2 Å². The van der Waals surface area contributed by atoms with Crippen molar-refractivity contribution < 1.29 is 60.6 Å². The Hall–Kier alpha value is -1.57. The smallest absolute Gasteiger partial charge is 0.386 e. The van der Waals surface area contributed by atoms with Crippen LogP contribution in [0.15, 0.2) is 15.9 Å². The van der Waals surface area contributed by atoms with Crippen molar-refractivity contribution in [2.24, 2.45) is 0 Å². The minimum atomic E-state index is -5.83. The van der Waals surface area contributed by atoms with Gasteiger partial charge in [0.2, 0.25) is 5.67 Å². The van der Waals surface area contributed by atoms with Gasteiger partial charge in [-0.2, -0.15) is 13.6 Å². The summed E-state index contributed by atoms with van der Waals surface area (Å²) >= 11 is 0. The van der Waals surface area contributed by atoms with Crippen LogP contribution in [0.25, 0.3) is 0 Å². The number of phosphoric acid groups is 3. The zero-order chi connectivity index (χ0) is 25.4. The normalized spacial score (nSPS) is 30.0. The van der Waals surface area contributed by atoms with Gasteiger partial charge in [-0.05, 0) is 13.8 Å². The van der Waals surface area contributed by atoms with Crippen LogP contribution in [0.5, 0.6) is 0 Å². The zero-order valence-corrected chi connectivity index (χ0v) is 19.1. The molecule has 186 valence electrons. The topological polar surface area (TPSA) is 257 Å². The molecule has 1 aromatic heterocycles. The van der Waals surface area contributed by atoms with Crippen LogP contribution >= 0.6 is 23.5 Å². The molecule has 3 unspecified atom stereocenters. The van der Waals surface area contributed by atoms with Gasteiger partial charge in [0.25, 0.3) is 0 Å². The van der Waals surface area contributed by atoms with Gasteiger partial charge in [0.1, 0.15) is 18.5 Å². The molecule has 1 saturated heterocycles. The Labute approximate surface area is 182 Å². The fourth-order valence-electron chi connectivity index (χ4n) is 2.76. The van der Waals surface area contributed by atoms with Crippen molar-refractivity contribution in [3.63, 3.8) is 0 Å². The number of hydrogen-bond donors (Lipinski definition) is 6. The van der Waals surface area contributed by atoms with E-state index in [1.54, 1.807) is 4.98 Å². The molecule has 0 radical (unpaired) electrons. The Kier molecular flexibility index (Phi) is 8.04. The number of ether oxygens (including phenoxy) is 1. The van der Waals surface area contributed by atoms with E-state index in [1.165, 1.54) is 6.92 Å². The van der Waals surface area contributed by atoms with Crippen LogP contribution in [0.2, 0.25) is 0 Å². The number of halogens is 1. The molecule has 0 amide bonds. The van der Waals surface area contributed by atoms with Crippen LogP contribution in [0, 0.1) is 11.8 Å². The number of nitrogens with zero attached hydrogens (tertiary/aromatic N) is 2. The molecule has 2 rings (SSSR count). The van der Waals surface area contributed by atoms with E-state index in [-0.39, 0.29) is 0 Å². The Balaban J connectivity index is 2.32. The van der Waals surface area contributed by atoms with E-state index in [4.69, 9.17) is 14.5 Å². The van der Waals surface area contributed by atoms with E-state index >= 15 is 4.39 Å². The predicted molar refractivity (Wildman–Crippen MR) is 101 cm³/mol. The van der Waals surface area contributed by atoms with Crippen LogP contribution in [0.3, 0.4) is 0 Å². The third-order valence-electron chi connectivity index (χ3n) is 3.88. The highest BCUT2D eigenvalue weighted by Crippen LogP contribution is 2.66. The molecule has 17 nitrogen and oxygen atoms in total. The third-order valence-corrected chi connectivity index (χ3v) is 7.81. The number of phosphoric ester groups is 1. The highest BCUT2D eigenvalue weighted by atomic mass is 31.3. The second kappa shape index (κ2) is 9.59. The lowest BCUT2D eigenvalue weighted by atomic mass is 9.94. The van der Waals surface area contributed by atoms with Gasteiger partial charge >= 0.3 is 34.8 Å². The standard InChI is InChI=1S/C12H17FN3O14P3/c1-3-4-12(13)8(17)7(27-9(12)16-5-14-10(18)15-11(16)19)6(2)28-32(23,24)30-33(25,26)29-31(20,21)22/h5-9,17H,1-2H3,(H,23,24)(H,25,26)(H,15,18,19)(H2,20,21,22)/t6-,7+,8-,9+,12?/m0/s1. The van der Waals surface area contributed by atoms with Crippen molar-refractivity contribution in [2.45, 2.75) is 44.1 Å². The number of rotatable bonds is 8. The first kappa shape index (κ1) is 27.7. The molecule has 1 aliphatic rings. The van der Waals surface area contributed by atoms with Crippen LogP contribution in [-0.2, 0) is 31.6 Å². The third kappa shape index (κ3) is 6.74. The molecule has 1 fully saturated rings. The van der Waals surface area contributed by atoms with Crippen molar-refractivity contribution in [1.82, 2.24) is 14.5 Å². The van der Waals surface area contributed by atoms with Gasteiger partial charge in [0, 0.05) is 0 Å². The molecule has 21 heteroatoms. The van der Waals surface area contributed by atoms with E-state index in [2.05, 4.69) is 24.0 Å². The van der Waals surface area contributed by atoms with Crippen molar-refractivity contribution in [1.29, 1.82) is 0 Å². The van der Waals surface area contributed by atoms with Crippen LogP contribution in [0.4, 0.5) is 4.39 Å². The largest absolute Gasteiger partial charge is 0.490 e. The zero-order valence-electron chi connectivity index (χ0n) is 16.4. The van der Waals surface area contributed by atoms with Gasteiger partial charge in [-0.1, -0.05) is 5.92 Å². The molecule has 0 bridgehead atoms. The van der Waals surface area contributed by atoms with Gasteiger partial charge in [-0.25, -0.2) is 27.7 Å². The fraction of sp³-hybridized carbons (Fsp3) is 0.583. The Bertz CT molecular complexity index is 1220. The maximum absolute atomic E-state index is 15.6. The van der Waals surface area contributed by atoms with Gasteiger partial charge in [0.05, 0.1) is 6.10 Å². The van der Waals surface area contributed by atoms with E-state index in [1.807, 2.05) is 5.92 Å². The minimum absolute atomic E-state index is 0.437. The van der Waals surface area contributed by atoms with Gasteiger partial charge in [0.15, 0.2) is 6.23 Å². The van der Waals surface area contributed by atoms with Crippen molar-refractivity contribution in [3.8, 4) is 11.8 Å². The lowest BCUT2D eigenvalue weighted by Crippen LogP contribution is -2.46. The second-order valence-corrected chi connectivity index (χ2v) is 10.7. The molecule has 7 atom stereocenters. The van der Waals surface area contributed by atoms with E-state index in [0.717, 1.165) is 6.92 Å². The number of hydrogen-bond acceptors (Lipinski definition) is 11. The average molecular weight is 539 g/mol. The summed E-state index contributed by atoms with van der Waals surface area (Å²) in [6.07, 6.45) is -7.44. The number of H-pyrrole nitrogens is 1. The SMILES string of the molecule is CC#CC1(F)[C@@H](O)[C@@H]([C@H](C)OP(=O)(O)OP(=O)(O)OP(=O)(O)O)O[C@H]1n1cnc(=O)[nH]c1=O. The monoisotopic (exact) mass is 539 g/mol. The number of aromatic nitrogens is 3. The summed E-state index contributed by atoms with van der Waals surface area (Å²) in [4.78, 5) is 64.0. The predicted octanol–water partition coefficient (Wildman–Crippen LogP) is -1.35. The summed E-state index contributed by atoms with van der Waals surface area (Å²) < 4.78 is 67.0. The van der Waals surface area contributed by atoms with Gasteiger partial charge < -0.3 is 29.4 Å². The molecular formula is C12H17FN3O14P3. The maximum atomic E-state index is 15.6. The number of nitrogens with one attached hydrogen (secondary N) is 1. The molecule has 1 aromatic rings. The summed E-state index contributed by atoms with van der Waals surface area (Å²) in [7, 11) is -17.1. The van der Waals surface area contributed by atoms with Crippen LogP contribution < -0.4 is 11.4 Å². The number of aliphatic hydroxyl groups is 1. The lowest BCUT2D eigenvalue weighted by molar-refractivity contribution is -0.0785. The minimum Gasteiger partial charge on any atom is -0.386 e. The summed E-state index contributed by atoms with van der Waals surface area (Å²) in [5, 5.41) is 10.4. The van der Waals surface area contributed by atoms with Crippen LogP contribution in [-0.4, -0.2) is 63.2 Å². The Morgan fingerprint density at radius 2 is 1.85 bits per heavy atom. The van der Waals surface area contributed by atoms with Crippen molar-refractivity contribution >= 4 is 23.5 Å². The van der Waals surface area contributed by atoms with E-state index < -0.39 is 65.1 Å². The summed E-state index contributed by atoms with van der Waals surface area (Å²) in [6, 6.07) is 0. The molecule has 33 heavy (non-hydrogen) atoms. The second-order valence-electron chi connectivity index (χ2n) is 6.33. The van der Waals surface area contributed by atoms with Crippen molar-refractivity contribution in [3.05, 3.63) is 27.3 Å². The van der Waals surface area contributed by atoms with E-state index in [0.29, 0.717) is 10.9 Å². The lowest BCUT2D eigenvalue weighted by Gasteiger charge is -2.25. The molecule has 0 spiro atoms. The summed E-state index contributed by atoms with van der Waals surface area (Å²) in [5.74, 6) is 4.16. The molecule has 0 aromatic carbocycles. The van der Waals surface area contributed by atoms with Crippen LogP contribution in [0.1, 0.15) is 20.1 Å². The summed E-state index contributed by atoms with van der Waals surface area (Å²) in [5.41, 5.74) is -5.32. The first-order valence-electron chi connectivity index (χ1n) is 8.37. The highest BCUT2D eigenvalue weighted by molar-refractivity contribution is 7.66. The Morgan fingerprint density at radius 3 is 2.36 bits per heavy atom. The average Bonchev–Trinajstić information content (AvgIpc) is 2.83. The van der Waals surface area contributed by atoms with Crippen molar-refractivity contribution in [2.75, 3.05) is 0 Å². The first-order valence-corrected chi connectivity index (χ1v) is 12.9. The highest BCUT2D eigenvalue weighted by Gasteiger charge is 2.60. The first-order chi connectivity index (χ1) is 14.9. The Morgan fingerprint density at radius 1 is 1.24 bits per heavy atom. The maximum Gasteiger partial charge on any atom is 0.490 e. The van der Waals surface area contributed by atoms with Gasteiger partial charge in [-0.15, -0.1) is 5.92 Å². The summed E-state index contributed by atoms with van der Waals surface area (Å²) in [6.45, 7) is 2.10. The molecule has 0 aliphatic carbocycles. The number of aromatic amines is 1. The fourth-order valence-corrected chi connectivity index (χ4v) is 5.96. The molecule has 2 heterocycles.